The fourth-order valence-corrected chi connectivity index (χ4v) is 4.35. The van der Waals surface area contributed by atoms with Gasteiger partial charge in [0.1, 0.15) is 6.54 Å². The third kappa shape index (κ3) is 4.91. The number of nitrogens with zero attached hydrogens (tertiary/aromatic N) is 3. The highest BCUT2D eigenvalue weighted by molar-refractivity contribution is 8.18. The Morgan fingerprint density at radius 3 is 2.59 bits per heavy atom. The highest BCUT2D eigenvalue weighted by Crippen LogP contribution is 2.32. The van der Waals surface area contributed by atoms with Crippen LogP contribution in [0, 0.1) is 17.0 Å². The first-order valence-electron chi connectivity index (χ1n) is 10.3. The van der Waals surface area contributed by atoms with Gasteiger partial charge in [0.2, 0.25) is 5.91 Å². The second kappa shape index (κ2) is 9.75. The van der Waals surface area contributed by atoms with Crippen LogP contribution in [0.4, 0.5) is 16.2 Å². The lowest BCUT2D eigenvalue weighted by atomic mass is 10.2. The van der Waals surface area contributed by atoms with Crippen molar-refractivity contribution in [3.05, 3.63) is 98.7 Å². The first kappa shape index (κ1) is 23.0. The summed E-state index contributed by atoms with van der Waals surface area (Å²) in [4.78, 5) is 49.7. The number of amides is 3. The smallest absolute Gasteiger partial charge is 0.294 e. The molecule has 0 spiro atoms. The maximum Gasteiger partial charge on any atom is 0.294 e. The van der Waals surface area contributed by atoms with Gasteiger partial charge in [-0.2, -0.15) is 0 Å². The van der Waals surface area contributed by atoms with E-state index in [1.54, 1.807) is 59.3 Å². The van der Waals surface area contributed by atoms with Crippen LogP contribution in [0.25, 0.3) is 6.08 Å². The van der Waals surface area contributed by atoms with Gasteiger partial charge in [0.15, 0.2) is 0 Å². The number of imide groups is 1. The van der Waals surface area contributed by atoms with Gasteiger partial charge in [0, 0.05) is 29.2 Å². The molecule has 9 nitrogen and oxygen atoms in total. The Kier molecular flexibility index (Phi) is 6.60. The van der Waals surface area contributed by atoms with Gasteiger partial charge in [-0.3, -0.25) is 29.4 Å². The Morgan fingerprint density at radius 2 is 1.82 bits per heavy atom. The Balaban J connectivity index is 1.49. The van der Waals surface area contributed by atoms with Gasteiger partial charge in [-0.1, -0.05) is 36.4 Å². The number of rotatable bonds is 7. The minimum absolute atomic E-state index is 0.00198. The van der Waals surface area contributed by atoms with E-state index in [0.29, 0.717) is 16.9 Å². The summed E-state index contributed by atoms with van der Waals surface area (Å²) in [6.07, 6.45) is 3.29. The quantitative estimate of drug-likeness (QED) is 0.307. The Morgan fingerprint density at radius 1 is 1.09 bits per heavy atom. The molecule has 1 saturated heterocycles. The number of hydrogen-bond donors (Lipinski definition) is 1. The number of benzene rings is 2. The third-order valence-electron chi connectivity index (χ3n) is 5.27. The van der Waals surface area contributed by atoms with Gasteiger partial charge in [-0.15, -0.1) is 0 Å². The number of nitro groups is 1. The fourth-order valence-electron chi connectivity index (χ4n) is 3.53. The highest BCUT2D eigenvalue weighted by atomic mass is 32.2. The van der Waals surface area contributed by atoms with E-state index in [9.17, 15) is 24.5 Å². The van der Waals surface area contributed by atoms with E-state index < -0.39 is 28.5 Å². The Hall–Kier alpha value is -4.18. The number of aryl methyl sites for hydroxylation is 1. The monoisotopic (exact) mass is 476 g/mol. The summed E-state index contributed by atoms with van der Waals surface area (Å²) in [5.41, 5.74) is 2.60. The predicted octanol–water partition coefficient (Wildman–Crippen LogP) is 4.43. The molecule has 3 aromatic rings. The van der Waals surface area contributed by atoms with Crippen molar-refractivity contribution < 1.29 is 19.3 Å². The lowest BCUT2D eigenvalue weighted by molar-refractivity contribution is -0.385. The topological polar surface area (TPSA) is 115 Å². The van der Waals surface area contributed by atoms with Crippen molar-refractivity contribution in [3.8, 4) is 0 Å². The largest absolute Gasteiger partial charge is 0.343 e. The number of nitro benzene ring substituents is 1. The van der Waals surface area contributed by atoms with E-state index in [4.69, 9.17) is 0 Å². The predicted molar refractivity (Wildman–Crippen MR) is 129 cm³/mol. The molecule has 10 heteroatoms. The molecule has 3 amide bonds. The van der Waals surface area contributed by atoms with E-state index in [-0.39, 0.29) is 17.1 Å². The zero-order chi connectivity index (χ0) is 24.2. The SMILES string of the molecule is Cc1ccccc1NC(=O)CN1C(=O)S/C(=C/c2cccn2Cc2ccccc2[N+](=O)[O-])C1=O. The molecule has 0 radical (unpaired) electrons. The van der Waals surface area contributed by atoms with Crippen molar-refractivity contribution in [2.75, 3.05) is 11.9 Å². The van der Waals surface area contributed by atoms with Crippen molar-refractivity contribution in [1.29, 1.82) is 0 Å². The summed E-state index contributed by atoms with van der Waals surface area (Å²) in [6.45, 7) is 1.67. The Labute approximate surface area is 199 Å². The second-order valence-electron chi connectivity index (χ2n) is 7.58. The number of aromatic nitrogens is 1. The fraction of sp³-hybridized carbons (Fsp3) is 0.125. The average Bonchev–Trinajstić information content (AvgIpc) is 3.34. The molecule has 172 valence electrons. The molecule has 1 aliphatic heterocycles. The number of carbonyl (C=O) groups is 3. The normalized spacial score (nSPS) is 14.6. The van der Waals surface area contributed by atoms with Crippen LogP contribution in [-0.4, -0.2) is 38.0 Å². The van der Waals surface area contributed by atoms with E-state index in [1.165, 1.54) is 6.07 Å². The molecular formula is C24H20N4O5S. The number of carbonyl (C=O) groups excluding carboxylic acids is 3. The molecule has 1 aromatic heterocycles. The molecule has 0 saturated carbocycles. The zero-order valence-electron chi connectivity index (χ0n) is 18.1. The van der Waals surface area contributed by atoms with Gasteiger partial charge >= 0.3 is 0 Å². The molecule has 4 rings (SSSR count). The van der Waals surface area contributed by atoms with E-state index in [1.807, 2.05) is 19.1 Å². The highest BCUT2D eigenvalue weighted by Gasteiger charge is 2.36. The van der Waals surface area contributed by atoms with Crippen LogP contribution in [0.5, 0.6) is 0 Å². The summed E-state index contributed by atoms with van der Waals surface area (Å²) in [5.74, 6) is -1.04. The number of hydrogen-bond acceptors (Lipinski definition) is 6. The maximum atomic E-state index is 12.8. The first-order chi connectivity index (χ1) is 16.3. The van der Waals surface area contributed by atoms with Crippen molar-refractivity contribution in [2.45, 2.75) is 13.5 Å². The van der Waals surface area contributed by atoms with Crippen LogP contribution in [0.15, 0.2) is 71.8 Å². The molecule has 0 bridgehead atoms. The lowest BCUT2D eigenvalue weighted by Crippen LogP contribution is -2.36. The molecule has 0 aliphatic carbocycles. The van der Waals surface area contributed by atoms with Crippen molar-refractivity contribution in [2.24, 2.45) is 0 Å². The van der Waals surface area contributed by atoms with Gasteiger partial charge in [-0.25, -0.2) is 0 Å². The van der Waals surface area contributed by atoms with Crippen LogP contribution in [0.1, 0.15) is 16.8 Å². The summed E-state index contributed by atoms with van der Waals surface area (Å²) in [7, 11) is 0. The lowest BCUT2D eigenvalue weighted by Gasteiger charge is -2.13. The third-order valence-corrected chi connectivity index (χ3v) is 6.17. The average molecular weight is 477 g/mol. The van der Waals surface area contributed by atoms with Crippen LogP contribution >= 0.6 is 11.8 Å². The molecule has 34 heavy (non-hydrogen) atoms. The first-order valence-corrected chi connectivity index (χ1v) is 11.1. The van der Waals surface area contributed by atoms with Gasteiger partial charge in [-0.05, 0) is 48.5 Å². The van der Waals surface area contributed by atoms with E-state index in [2.05, 4.69) is 5.32 Å². The van der Waals surface area contributed by atoms with Crippen molar-refractivity contribution in [3.63, 3.8) is 0 Å². The molecule has 0 unspecified atom stereocenters. The van der Waals surface area contributed by atoms with E-state index >= 15 is 0 Å². The minimum atomic E-state index is -0.562. The molecule has 0 atom stereocenters. The Bertz CT molecular complexity index is 1330. The molecule has 1 fully saturated rings. The summed E-state index contributed by atoms with van der Waals surface area (Å²) in [5, 5.41) is 13.5. The molecule has 1 N–H and O–H groups in total. The van der Waals surface area contributed by atoms with Gasteiger partial charge in [0.25, 0.3) is 16.8 Å². The molecule has 2 heterocycles. The van der Waals surface area contributed by atoms with Crippen molar-refractivity contribution in [1.82, 2.24) is 9.47 Å². The number of anilines is 1. The van der Waals surface area contributed by atoms with Crippen molar-refractivity contribution >= 4 is 46.3 Å². The number of thioether (sulfide) groups is 1. The second-order valence-corrected chi connectivity index (χ2v) is 8.57. The minimum Gasteiger partial charge on any atom is -0.343 e. The standard InChI is InChI=1S/C24H20N4O5S/c1-16-7-2-4-10-19(16)25-22(29)15-27-23(30)21(34-24(27)31)13-18-9-6-12-26(18)14-17-8-3-5-11-20(17)28(32)33/h2-13H,14-15H2,1H3,(H,25,29)/b21-13+. The number of nitrogens with one attached hydrogen (secondary N) is 1. The maximum absolute atomic E-state index is 12.8. The summed E-state index contributed by atoms with van der Waals surface area (Å²) < 4.78 is 1.75. The summed E-state index contributed by atoms with van der Waals surface area (Å²) in [6, 6.07) is 17.1. The van der Waals surface area contributed by atoms with Gasteiger partial charge < -0.3 is 9.88 Å². The van der Waals surface area contributed by atoms with Gasteiger partial charge in [0.05, 0.1) is 16.4 Å². The van der Waals surface area contributed by atoms with Crippen LogP contribution in [-0.2, 0) is 16.1 Å². The van der Waals surface area contributed by atoms with Crippen LogP contribution in [0.2, 0.25) is 0 Å². The van der Waals surface area contributed by atoms with E-state index in [0.717, 1.165) is 22.2 Å². The zero-order valence-corrected chi connectivity index (χ0v) is 19.0. The molecule has 1 aliphatic rings. The number of para-hydroxylation sites is 2. The molecule has 2 aromatic carbocycles. The van der Waals surface area contributed by atoms with Crippen LogP contribution in [0.3, 0.4) is 0 Å². The summed E-state index contributed by atoms with van der Waals surface area (Å²) >= 11 is 0.751. The van der Waals surface area contributed by atoms with Crippen LogP contribution < -0.4 is 5.32 Å². The molecular weight excluding hydrogens is 456 g/mol.